The van der Waals surface area contributed by atoms with E-state index in [2.05, 4.69) is 391 Å². The molecule has 0 aliphatic heterocycles. The maximum Gasteiger partial charge on any atom is 0.00996 e. The Morgan fingerprint density at radius 1 is 0.148 bits per heavy atom. The minimum Gasteiger partial charge on any atom is -0.112 e. The molecule has 4 aromatic heterocycles. The molecule has 4 atom stereocenters. The third-order valence-corrected chi connectivity index (χ3v) is 32.5. The van der Waals surface area contributed by atoms with Crippen LogP contribution in [0.5, 0.6) is 0 Å². The highest BCUT2D eigenvalue weighted by molar-refractivity contribution is 7.61. The van der Waals surface area contributed by atoms with Crippen molar-refractivity contribution in [3.63, 3.8) is 0 Å². The second-order valence-corrected chi connectivity index (χ2v) is 37.4. The molecule has 0 saturated carbocycles. The van der Waals surface area contributed by atoms with Crippen LogP contribution in [0.3, 0.4) is 0 Å². The number of benzene rings is 18. The Hall–Kier alpha value is -11.8. The molecule has 0 fully saturated rings. The van der Waals surface area contributed by atoms with Crippen molar-refractivity contribution in [3.8, 4) is 89.0 Å². The molecule has 4 heterocycles. The monoisotopic (exact) mass is 1440 g/mol. The highest BCUT2D eigenvalue weighted by atomic mass is 31.1. The molecule has 108 heavy (non-hydrogen) atoms. The summed E-state index contributed by atoms with van der Waals surface area (Å²) in [5, 5.41) is 33.4. The summed E-state index contributed by atoms with van der Waals surface area (Å²) in [4.78, 5) is 0. The number of hydrogen-bond acceptors (Lipinski definition) is 0. The minimum atomic E-state index is -0.480. The molecule has 4 heteroatoms. The third-order valence-electron chi connectivity index (χ3n) is 23.5. The van der Waals surface area contributed by atoms with E-state index in [1.54, 1.807) is 0 Å². The van der Waals surface area contributed by atoms with E-state index in [9.17, 15) is 0 Å². The first-order chi connectivity index (χ1) is 53.3. The highest BCUT2D eigenvalue weighted by Crippen LogP contribution is 2.57. The molecule has 18 aromatic carbocycles. The van der Waals surface area contributed by atoms with Gasteiger partial charge >= 0.3 is 0 Å². The standard InChI is InChI=1S/2C52H36P2/c1-53-48-26-8-6-16-38(48)44-24-12-22-42(51(44)53)36-18-10-20-40-46(36)32-47-37(43-23-13-25-45-39-17-7-9-27-49(39)54(2)52(43)45)19-11-21-41(47)50(40)35-30-28-34(29-31-35)33-14-4-3-5-15-33;1-53-46-24-8-6-16-42(46)51-38(22-12-26-48(51)53)36-18-10-20-40-44(36)32-45-37(39-23-13-27-49-52(39)43-17-7-9-25-47(43)54(49)2)19-11-21-41(45)50(40)35-30-28-34(29-31-35)33-14-4-3-5-15-33/h2*3-32H,1-2H3. The molecule has 508 valence electrons. The summed E-state index contributed by atoms with van der Waals surface area (Å²) < 4.78 is 0. The van der Waals surface area contributed by atoms with Gasteiger partial charge in [-0.1, -0.05) is 352 Å². The largest absolute Gasteiger partial charge is 0.112 e. The van der Waals surface area contributed by atoms with Gasteiger partial charge in [0.25, 0.3) is 0 Å². The Kier molecular flexibility index (Phi) is 15.6. The van der Waals surface area contributed by atoms with Crippen LogP contribution in [0.15, 0.2) is 364 Å². The van der Waals surface area contributed by atoms with Gasteiger partial charge in [0.05, 0.1) is 0 Å². The van der Waals surface area contributed by atoms with Crippen LogP contribution in [0.1, 0.15) is 0 Å². The van der Waals surface area contributed by atoms with Crippen molar-refractivity contribution in [2.75, 3.05) is 0 Å². The van der Waals surface area contributed by atoms with Gasteiger partial charge in [-0.2, -0.15) is 0 Å². The second kappa shape index (κ2) is 26.0. The van der Waals surface area contributed by atoms with E-state index in [-0.39, 0.29) is 0 Å². The molecule has 0 amide bonds. The molecule has 0 N–H and O–H groups in total. The maximum atomic E-state index is 2.52. The highest BCUT2D eigenvalue weighted by Gasteiger charge is 2.25. The molecule has 22 aromatic rings. The molecular weight excluding hydrogens is 1370 g/mol. The van der Waals surface area contributed by atoms with Gasteiger partial charge in [0.1, 0.15) is 0 Å². The van der Waals surface area contributed by atoms with Crippen LogP contribution in [0, 0.1) is 0 Å². The molecule has 0 spiro atoms. The average molecular weight is 1450 g/mol. The zero-order valence-corrected chi connectivity index (χ0v) is 64.0. The van der Waals surface area contributed by atoms with Gasteiger partial charge in [0.2, 0.25) is 0 Å². The SMILES string of the molecule is Cp1c2ccccc2c2c(-c3cccc4c(-c5ccc(-c6ccccc6)cc5)c5cccc(-c6cccc7c6c6ccccc6p7C)c5cc34)cccc21.Cp1c2ccccc2c2cccc(-c3cccc4c(-c5ccc(-c6ccccc6)cc5)c5cccc(-c6cccc7c8ccccc8p(C)c67)c5cc34)c21. The van der Waals surface area contributed by atoms with Crippen molar-refractivity contribution in [2.24, 2.45) is 26.7 Å². The Morgan fingerprint density at radius 2 is 0.389 bits per heavy atom. The first-order valence-electron chi connectivity index (χ1n) is 37.5. The van der Waals surface area contributed by atoms with Crippen LogP contribution in [0.2, 0.25) is 0 Å². The topological polar surface area (TPSA) is 0 Å². The summed E-state index contributed by atoms with van der Waals surface area (Å²) in [6.45, 7) is 9.72. The van der Waals surface area contributed by atoms with E-state index in [1.165, 1.54) is 216 Å². The van der Waals surface area contributed by atoms with E-state index < -0.39 is 30.1 Å². The molecule has 0 saturated heterocycles. The Labute approximate surface area is 632 Å². The van der Waals surface area contributed by atoms with Crippen LogP contribution in [-0.4, -0.2) is 0 Å². The lowest BCUT2D eigenvalue weighted by molar-refractivity contribution is 1.61. The summed E-state index contributed by atoms with van der Waals surface area (Å²) in [5.41, 5.74) is 20.6. The van der Waals surface area contributed by atoms with Crippen LogP contribution in [-0.2, 0) is 26.7 Å². The van der Waals surface area contributed by atoms with Gasteiger partial charge in [0, 0.05) is 51.7 Å². The lowest BCUT2D eigenvalue weighted by Crippen LogP contribution is -1.91. The smallest absolute Gasteiger partial charge is 0.00996 e. The molecule has 0 bridgehead atoms. The van der Waals surface area contributed by atoms with Gasteiger partial charge in [-0.25, -0.2) is 0 Å². The minimum absolute atomic E-state index is 0.401. The normalized spacial score (nSPS) is 12.6. The Morgan fingerprint density at radius 3 is 0.750 bits per heavy atom. The zero-order valence-electron chi connectivity index (χ0n) is 60.4. The van der Waals surface area contributed by atoms with Crippen molar-refractivity contribution in [1.82, 2.24) is 0 Å². The van der Waals surface area contributed by atoms with E-state index in [0.717, 1.165) is 0 Å². The summed E-state index contributed by atoms with van der Waals surface area (Å²) in [7, 11) is -1.76. The fraction of sp³-hybridized carbons (Fsp3) is 0.0385. The van der Waals surface area contributed by atoms with Crippen molar-refractivity contribution < 1.29 is 0 Å². The molecular formula is C104H72P4. The fourth-order valence-electron chi connectivity index (χ4n) is 18.6. The Bertz CT molecular complexity index is 7070. The van der Waals surface area contributed by atoms with E-state index in [1.807, 2.05) is 0 Å². The van der Waals surface area contributed by atoms with Crippen LogP contribution >= 0.6 is 30.1 Å². The van der Waals surface area contributed by atoms with Crippen molar-refractivity contribution in [3.05, 3.63) is 364 Å². The van der Waals surface area contributed by atoms with E-state index >= 15 is 0 Å². The molecule has 0 aliphatic carbocycles. The van der Waals surface area contributed by atoms with Gasteiger partial charge in [-0.3, -0.25) is 0 Å². The number of hydrogen-bond donors (Lipinski definition) is 0. The first kappa shape index (κ1) is 64.6. The average Bonchev–Trinajstić information content (AvgIpc) is 1.21. The van der Waals surface area contributed by atoms with Crippen molar-refractivity contribution >= 4 is 157 Å². The summed E-state index contributed by atoms with van der Waals surface area (Å²) in [5.74, 6) is 0. The summed E-state index contributed by atoms with van der Waals surface area (Å²) in [6.07, 6.45) is 0. The molecule has 0 aliphatic rings. The first-order valence-corrected chi connectivity index (χ1v) is 44.6. The van der Waals surface area contributed by atoms with Crippen LogP contribution < -0.4 is 0 Å². The maximum absolute atomic E-state index is 2.52. The van der Waals surface area contributed by atoms with Gasteiger partial charge < -0.3 is 0 Å². The van der Waals surface area contributed by atoms with Crippen LogP contribution in [0.4, 0.5) is 0 Å². The quantitative estimate of drug-likeness (QED) is 0.133. The summed E-state index contributed by atoms with van der Waals surface area (Å²) >= 11 is 0. The predicted molar refractivity (Wildman–Crippen MR) is 481 cm³/mol. The fourth-order valence-corrected chi connectivity index (χ4v) is 27.0. The number of fused-ring (bicyclic) bond motifs is 16. The van der Waals surface area contributed by atoms with Crippen LogP contribution in [0.25, 0.3) is 216 Å². The van der Waals surface area contributed by atoms with Crippen molar-refractivity contribution in [1.29, 1.82) is 0 Å². The van der Waals surface area contributed by atoms with Crippen molar-refractivity contribution in [2.45, 2.75) is 0 Å². The Balaban J connectivity index is 0.000000138. The molecule has 4 unspecified atom stereocenters. The lowest BCUT2D eigenvalue weighted by atomic mass is 9.85. The van der Waals surface area contributed by atoms with E-state index in [0.29, 0.717) is 0 Å². The predicted octanol–water partition coefficient (Wildman–Crippen LogP) is 32.6. The van der Waals surface area contributed by atoms with Gasteiger partial charge in [0.15, 0.2) is 0 Å². The third kappa shape index (κ3) is 10.1. The number of rotatable bonds is 8. The number of aryl methyl sites for hydroxylation is 4. The lowest BCUT2D eigenvalue weighted by Gasteiger charge is -2.18. The molecule has 0 radical (unpaired) electrons. The van der Waals surface area contributed by atoms with Gasteiger partial charge in [-0.05, 0) is 203 Å². The van der Waals surface area contributed by atoms with E-state index in [4.69, 9.17) is 0 Å². The molecule has 22 rings (SSSR count). The zero-order chi connectivity index (χ0) is 71.8. The second-order valence-electron chi connectivity index (χ2n) is 29.1. The summed E-state index contributed by atoms with van der Waals surface area (Å²) in [6, 6.07) is 137. The molecule has 0 nitrogen and oxygen atoms in total. The van der Waals surface area contributed by atoms with Gasteiger partial charge in [-0.15, -0.1) is 30.1 Å².